The SMILES string of the molecule is Cc1ccc(SCCC(=O)Nc2nc3c(Cl)c(Cl)ccc3s2)cc1. The first-order valence-corrected chi connectivity index (χ1v) is 9.82. The molecule has 2 aromatic carbocycles. The average Bonchev–Trinajstić information content (AvgIpc) is 2.96. The van der Waals surface area contributed by atoms with E-state index >= 15 is 0 Å². The Bertz CT molecular complexity index is 878. The van der Waals surface area contributed by atoms with E-state index in [0.717, 1.165) is 9.60 Å². The lowest BCUT2D eigenvalue weighted by atomic mass is 10.2. The molecule has 24 heavy (non-hydrogen) atoms. The van der Waals surface area contributed by atoms with Gasteiger partial charge in [0.05, 0.1) is 14.7 Å². The van der Waals surface area contributed by atoms with Gasteiger partial charge in [0.15, 0.2) is 5.13 Å². The number of anilines is 1. The molecular formula is C17H14Cl2N2OS2. The Kier molecular flexibility index (Phi) is 5.66. The van der Waals surface area contributed by atoms with Crippen LogP contribution in [0.5, 0.6) is 0 Å². The molecule has 1 amide bonds. The number of hydrogen-bond acceptors (Lipinski definition) is 4. The highest BCUT2D eigenvalue weighted by Crippen LogP contribution is 2.35. The van der Waals surface area contributed by atoms with Crippen LogP contribution in [-0.4, -0.2) is 16.6 Å². The summed E-state index contributed by atoms with van der Waals surface area (Å²) in [4.78, 5) is 17.6. The Morgan fingerprint density at radius 1 is 1.21 bits per heavy atom. The molecule has 1 N–H and O–H groups in total. The summed E-state index contributed by atoms with van der Waals surface area (Å²) in [5, 5.41) is 4.25. The molecule has 1 heterocycles. The topological polar surface area (TPSA) is 42.0 Å². The largest absolute Gasteiger partial charge is 0.302 e. The van der Waals surface area contributed by atoms with Gasteiger partial charge in [-0.2, -0.15) is 0 Å². The fourth-order valence-corrected chi connectivity index (χ4v) is 4.23. The van der Waals surface area contributed by atoms with Gasteiger partial charge in [0, 0.05) is 17.1 Å². The number of amides is 1. The number of aromatic nitrogens is 1. The quantitative estimate of drug-likeness (QED) is 0.535. The molecule has 3 rings (SSSR count). The van der Waals surface area contributed by atoms with Gasteiger partial charge in [-0.3, -0.25) is 4.79 Å². The molecule has 0 radical (unpaired) electrons. The molecule has 3 nitrogen and oxygen atoms in total. The first-order valence-electron chi connectivity index (χ1n) is 7.27. The summed E-state index contributed by atoms with van der Waals surface area (Å²) in [6, 6.07) is 11.9. The van der Waals surface area contributed by atoms with Crippen molar-refractivity contribution in [2.45, 2.75) is 18.2 Å². The van der Waals surface area contributed by atoms with Crippen molar-refractivity contribution >= 4 is 67.6 Å². The summed E-state index contributed by atoms with van der Waals surface area (Å²) < 4.78 is 0.897. The molecule has 0 unspecified atom stereocenters. The molecule has 1 aromatic heterocycles. The standard InChI is InChI=1S/C17H14Cl2N2OS2/c1-10-2-4-11(5-3-10)23-9-8-14(22)20-17-21-16-13(24-17)7-6-12(18)15(16)19/h2-7H,8-9H2,1H3,(H,20,21,22). The second-order valence-corrected chi connectivity index (χ2v) is 8.17. The van der Waals surface area contributed by atoms with Crippen molar-refractivity contribution in [3.8, 4) is 0 Å². The fourth-order valence-electron chi connectivity index (χ4n) is 2.07. The second-order valence-electron chi connectivity index (χ2n) is 5.19. The number of benzene rings is 2. The Balaban J connectivity index is 1.57. The Labute approximate surface area is 158 Å². The van der Waals surface area contributed by atoms with Crippen LogP contribution in [0, 0.1) is 6.92 Å². The lowest BCUT2D eigenvalue weighted by molar-refractivity contribution is -0.115. The highest BCUT2D eigenvalue weighted by Gasteiger charge is 2.12. The molecular weight excluding hydrogens is 383 g/mol. The van der Waals surface area contributed by atoms with E-state index in [1.165, 1.54) is 16.9 Å². The zero-order valence-electron chi connectivity index (χ0n) is 12.8. The van der Waals surface area contributed by atoms with Crippen LogP contribution >= 0.6 is 46.3 Å². The van der Waals surface area contributed by atoms with Crippen LogP contribution < -0.4 is 5.32 Å². The van der Waals surface area contributed by atoms with Crippen LogP contribution in [0.2, 0.25) is 10.0 Å². The molecule has 0 fully saturated rings. The average molecular weight is 397 g/mol. The molecule has 0 atom stereocenters. The van der Waals surface area contributed by atoms with Gasteiger partial charge in [-0.05, 0) is 31.2 Å². The van der Waals surface area contributed by atoms with E-state index in [2.05, 4.69) is 41.5 Å². The summed E-state index contributed by atoms with van der Waals surface area (Å²) in [6.07, 6.45) is 0.420. The third-order valence-electron chi connectivity index (χ3n) is 3.32. The summed E-state index contributed by atoms with van der Waals surface area (Å²) in [5.74, 6) is 0.655. The monoisotopic (exact) mass is 396 g/mol. The van der Waals surface area contributed by atoms with Crippen LogP contribution in [0.3, 0.4) is 0 Å². The highest BCUT2D eigenvalue weighted by molar-refractivity contribution is 7.99. The molecule has 0 aliphatic rings. The Morgan fingerprint density at radius 2 is 1.96 bits per heavy atom. The maximum Gasteiger partial charge on any atom is 0.226 e. The minimum absolute atomic E-state index is 0.0594. The molecule has 124 valence electrons. The number of rotatable bonds is 5. The number of carbonyl (C=O) groups is 1. The highest BCUT2D eigenvalue weighted by atomic mass is 35.5. The molecule has 0 aliphatic carbocycles. The van der Waals surface area contributed by atoms with E-state index in [1.807, 2.05) is 6.07 Å². The van der Waals surface area contributed by atoms with Gasteiger partial charge in [0.1, 0.15) is 5.52 Å². The predicted molar refractivity (Wildman–Crippen MR) is 105 cm³/mol. The zero-order valence-corrected chi connectivity index (χ0v) is 16.0. The molecule has 0 spiro atoms. The Morgan fingerprint density at radius 3 is 2.71 bits per heavy atom. The van der Waals surface area contributed by atoms with Gasteiger partial charge < -0.3 is 5.32 Å². The summed E-state index contributed by atoms with van der Waals surface area (Å²) in [7, 11) is 0. The van der Waals surface area contributed by atoms with Gasteiger partial charge >= 0.3 is 0 Å². The molecule has 0 bridgehead atoms. The lowest BCUT2D eigenvalue weighted by Crippen LogP contribution is -2.11. The van der Waals surface area contributed by atoms with Crippen molar-refractivity contribution < 1.29 is 4.79 Å². The number of hydrogen-bond donors (Lipinski definition) is 1. The van der Waals surface area contributed by atoms with E-state index in [-0.39, 0.29) is 5.91 Å². The van der Waals surface area contributed by atoms with Crippen LogP contribution in [0.25, 0.3) is 10.2 Å². The lowest BCUT2D eigenvalue weighted by Gasteiger charge is -2.03. The van der Waals surface area contributed by atoms with Crippen molar-refractivity contribution in [2.24, 2.45) is 0 Å². The number of nitrogens with zero attached hydrogens (tertiary/aromatic N) is 1. The molecule has 0 aliphatic heterocycles. The number of fused-ring (bicyclic) bond motifs is 1. The third kappa shape index (κ3) is 4.22. The van der Waals surface area contributed by atoms with E-state index in [4.69, 9.17) is 23.2 Å². The van der Waals surface area contributed by atoms with Gasteiger partial charge in [0.25, 0.3) is 0 Å². The smallest absolute Gasteiger partial charge is 0.226 e. The Hall–Kier alpha value is -1.27. The number of carbonyl (C=O) groups excluding carboxylic acids is 1. The summed E-state index contributed by atoms with van der Waals surface area (Å²) in [5.41, 5.74) is 1.85. The van der Waals surface area contributed by atoms with E-state index in [9.17, 15) is 4.79 Å². The summed E-state index contributed by atoms with van der Waals surface area (Å²) >= 11 is 15.2. The van der Waals surface area contributed by atoms with Gasteiger partial charge in [0.2, 0.25) is 5.91 Å². The van der Waals surface area contributed by atoms with Crippen LogP contribution in [0.4, 0.5) is 5.13 Å². The zero-order chi connectivity index (χ0) is 17.1. The van der Waals surface area contributed by atoms with E-state index < -0.39 is 0 Å². The minimum Gasteiger partial charge on any atom is -0.302 e. The predicted octanol–water partition coefficient (Wildman–Crippen LogP) is 6.03. The number of thioether (sulfide) groups is 1. The normalized spacial score (nSPS) is 11.0. The third-order valence-corrected chi connectivity index (χ3v) is 6.06. The second kappa shape index (κ2) is 7.74. The maximum atomic E-state index is 12.1. The molecule has 0 saturated heterocycles. The molecule has 7 heteroatoms. The summed E-state index contributed by atoms with van der Waals surface area (Å²) in [6.45, 7) is 2.05. The van der Waals surface area contributed by atoms with Gasteiger partial charge in [-0.25, -0.2) is 4.98 Å². The first kappa shape index (κ1) is 17.5. The fraction of sp³-hybridized carbons (Fsp3) is 0.176. The minimum atomic E-state index is -0.0594. The van der Waals surface area contributed by atoms with Crippen LogP contribution in [0.15, 0.2) is 41.3 Å². The number of thiazole rings is 1. The van der Waals surface area contributed by atoms with E-state index in [0.29, 0.717) is 32.9 Å². The van der Waals surface area contributed by atoms with Crippen molar-refractivity contribution in [1.82, 2.24) is 4.98 Å². The van der Waals surface area contributed by atoms with Gasteiger partial charge in [-0.1, -0.05) is 52.2 Å². The number of halogens is 2. The number of nitrogens with one attached hydrogen (secondary N) is 1. The van der Waals surface area contributed by atoms with Crippen LogP contribution in [-0.2, 0) is 4.79 Å². The van der Waals surface area contributed by atoms with E-state index in [1.54, 1.807) is 17.8 Å². The van der Waals surface area contributed by atoms with Crippen LogP contribution in [0.1, 0.15) is 12.0 Å². The van der Waals surface area contributed by atoms with Crippen molar-refractivity contribution in [2.75, 3.05) is 11.1 Å². The maximum absolute atomic E-state index is 12.1. The first-order chi connectivity index (χ1) is 11.5. The molecule has 0 saturated carbocycles. The van der Waals surface area contributed by atoms with Crippen molar-refractivity contribution in [3.05, 3.63) is 52.0 Å². The van der Waals surface area contributed by atoms with Crippen molar-refractivity contribution in [3.63, 3.8) is 0 Å². The van der Waals surface area contributed by atoms with Gasteiger partial charge in [-0.15, -0.1) is 11.8 Å². The van der Waals surface area contributed by atoms with Crippen molar-refractivity contribution in [1.29, 1.82) is 0 Å². The number of aryl methyl sites for hydroxylation is 1. The molecule has 3 aromatic rings.